The molecule has 2 aromatic rings. The molecule has 0 spiro atoms. The van der Waals surface area contributed by atoms with Crippen LogP contribution in [0, 0.1) is 0 Å². The van der Waals surface area contributed by atoms with E-state index in [1.54, 1.807) is 11.8 Å². The zero-order chi connectivity index (χ0) is 17.9. The Morgan fingerprint density at radius 2 is 1.56 bits per heavy atom. The molecule has 25 heavy (non-hydrogen) atoms. The normalized spacial score (nSPS) is 15.0. The van der Waals surface area contributed by atoms with Crippen LogP contribution in [0.5, 0.6) is 0 Å². The van der Waals surface area contributed by atoms with Gasteiger partial charge in [0, 0.05) is 5.75 Å². The number of carbonyl (C=O) groups is 1. The van der Waals surface area contributed by atoms with Crippen molar-refractivity contribution >= 4 is 29.1 Å². The fourth-order valence-electron chi connectivity index (χ4n) is 2.74. The number of ether oxygens (including phenoxy) is 1. The molecule has 5 heteroatoms. The Hall–Kier alpha value is -2.14. The van der Waals surface area contributed by atoms with Gasteiger partial charge in [-0.1, -0.05) is 42.5 Å². The van der Waals surface area contributed by atoms with Crippen LogP contribution in [0.2, 0.25) is 0 Å². The first-order valence-electron chi connectivity index (χ1n) is 8.40. The van der Waals surface area contributed by atoms with Crippen LogP contribution in [-0.2, 0) is 15.3 Å². The number of benzene rings is 2. The van der Waals surface area contributed by atoms with Gasteiger partial charge in [-0.05, 0) is 38.5 Å². The molecule has 0 fully saturated rings. The van der Waals surface area contributed by atoms with Crippen LogP contribution in [-0.4, -0.2) is 16.6 Å². The molecule has 2 N–H and O–H groups in total. The summed E-state index contributed by atoms with van der Waals surface area (Å²) < 4.78 is 5.54. The van der Waals surface area contributed by atoms with Gasteiger partial charge in [0.1, 0.15) is 5.60 Å². The SMILES string of the molecule is CC(C)(C)OC(=O)CC1(SCc2ccccc2)Nc2ccccc2N1. The maximum absolute atomic E-state index is 12.5. The Kier molecular flexibility index (Phi) is 4.95. The summed E-state index contributed by atoms with van der Waals surface area (Å²) in [4.78, 5) is 11.9. The van der Waals surface area contributed by atoms with Crippen LogP contribution >= 0.6 is 11.8 Å². The molecule has 3 rings (SSSR count). The summed E-state index contributed by atoms with van der Waals surface area (Å²) >= 11 is 1.67. The van der Waals surface area contributed by atoms with Gasteiger partial charge in [-0.2, -0.15) is 0 Å². The second-order valence-electron chi connectivity index (χ2n) is 7.16. The van der Waals surface area contributed by atoms with E-state index < -0.39 is 10.6 Å². The fraction of sp³-hybridized carbons (Fsp3) is 0.350. The Bertz CT molecular complexity index is 716. The van der Waals surface area contributed by atoms with Crippen molar-refractivity contribution < 1.29 is 9.53 Å². The minimum absolute atomic E-state index is 0.221. The Morgan fingerprint density at radius 1 is 1.00 bits per heavy atom. The van der Waals surface area contributed by atoms with Gasteiger partial charge in [-0.15, -0.1) is 11.8 Å². The quantitative estimate of drug-likeness (QED) is 0.751. The van der Waals surface area contributed by atoms with E-state index in [9.17, 15) is 4.79 Å². The minimum Gasteiger partial charge on any atom is -0.460 e. The summed E-state index contributed by atoms with van der Waals surface area (Å²) in [6.07, 6.45) is 0.233. The van der Waals surface area contributed by atoms with Gasteiger partial charge in [0.2, 0.25) is 0 Å². The number of carbonyl (C=O) groups excluding carboxylic acids is 1. The Labute approximate surface area is 153 Å². The van der Waals surface area contributed by atoms with E-state index in [2.05, 4.69) is 22.8 Å². The number of thioether (sulfide) groups is 1. The van der Waals surface area contributed by atoms with Crippen molar-refractivity contribution in [2.45, 2.75) is 43.5 Å². The topological polar surface area (TPSA) is 50.4 Å². The van der Waals surface area contributed by atoms with E-state index in [-0.39, 0.29) is 12.4 Å². The van der Waals surface area contributed by atoms with Crippen LogP contribution in [0.3, 0.4) is 0 Å². The lowest BCUT2D eigenvalue weighted by molar-refractivity contribution is -0.155. The third-order valence-corrected chi connectivity index (χ3v) is 5.06. The maximum Gasteiger partial charge on any atom is 0.311 e. The van der Waals surface area contributed by atoms with E-state index in [1.165, 1.54) is 5.56 Å². The van der Waals surface area contributed by atoms with Gasteiger partial charge < -0.3 is 15.4 Å². The monoisotopic (exact) mass is 356 g/mol. The highest BCUT2D eigenvalue weighted by molar-refractivity contribution is 8.00. The second kappa shape index (κ2) is 7.00. The zero-order valence-corrected chi connectivity index (χ0v) is 15.7. The molecule has 1 aliphatic heterocycles. The standard InChI is InChI=1S/C20H24N2O2S/c1-19(2,3)24-18(23)13-20(25-14-15-9-5-4-6-10-15)21-16-11-7-8-12-17(16)22-20/h4-12,21-22H,13-14H2,1-3H3. The summed E-state index contributed by atoms with van der Waals surface area (Å²) in [6.45, 7) is 5.66. The van der Waals surface area contributed by atoms with Gasteiger partial charge in [-0.25, -0.2) is 0 Å². The number of anilines is 2. The molecule has 0 unspecified atom stereocenters. The number of para-hydroxylation sites is 2. The molecule has 1 heterocycles. The van der Waals surface area contributed by atoms with Crippen molar-refractivity contribution in [3.63, 3.8) is 0 Å². The van der Waals surface area contributed by atoms with Crippen molar-refractivity contribution in [2.75, 3.05) is 10.6 Å². The Morgan fingerprint density at radius 3 is 2.12 bits per heavy atom. The molecule has 132 valence electrons. The molecular weight excluding hydrogens is 332 g/mol. The lowest BCUT2D eigenvalue weighted by atomic mass is 10.2. The Balaban J connectivity index is 1.76. The first kappa shape index (κ1) is 17.7. The highest BCUT2D eigenvalue weighted by Crippen LogP contribution is 2.43. The molecule has 0 saturated heterocycles. The molecule has 0 aromatic heterocycles. The molecule has 0 amide bonds. The summed E-state index contributed by atoms with van der Waals surface area (Å²) in [5.41, 5.74) is 2.74. The highest BCUT2D eigenvalue weighted by Gasteiger charge is 2.40. The number of hydrogen-bond donors (Lipinski definition) is 2. The first-order chi connectivity index (χ1) is 11.9. The van der Waals surface area contributed by atoms with Crippen LogP contribution < -0.4 is 10.6 Å². The predicted molar refractivity (Wildman–Crippen MR) is 105 cm³/mol. The maximum atomic E-state index is 12.5. The summed E-state index contributed by atoms with van der Waals surface area (Å²) in [7, 11) is 0. The minimum atomic E-state index is -0.609. The van der Waals surface area contributed by atoms with Gasteiger partial charge in [0.05, 0.1) is 17.8 Å². The van der Waals surface area contributed by atoms with E-state index in [1.807, 2.05) is 63.2 Å². The lowest BCUT2D eigenvalue weighted by Crippen LogP contribution is -2.42. The van der Waals surface area contributed by atoms with Gasteiger partial charge in [0.25, 0.3) is 0 Å². The molecule has 0 radical (unpaired) electrons. The molecular formula is C20H24N2O2S. The molecule has 1 aliphatic rings. The third-order valence-electron chi connectivity index (χ3n) is 3.74. The average Bonchev–Trinajstić information content (AvgIpc) is 2.90. The van der Waals surface area contributed by atoms with E-state index >= 15 is 0 Å². The number of hydrogen-bond acceptors (Lipinski definition) is 5. The number of nitrogens with one attached hydrogen (secondary N) is 2. The number of fused-ring (bicyclic) bond motifs is 1. The molecule has 2 aromatic carbocycles. The van der Waals surface area contributed by atoms with Crippen molar-refractivity contribution in [1.82, 2.24) is 0 Å². The van der Waals surface area contributed by atoms with Crippen molar-refractivity contribution in [3.8, 4) is 0 Å². The zero-order valence-electron chi connectivity index (χ0n) is 14.8. The number of rotatable bonds is 5. The van der Waals surface area contributed by atoms with Gasteiger partial charge >= 0.3 is 5.97 Å². The van der Waals surface area contributed by atoms with Crippen LogP contribution in [0.4, 0.5) is 11.4 Å². The van der Waals surface area contributed by atoms with Crippen molar-refractivity contribution in [3.05, 3.63) is 60.2 Å². The largest absolute Gasteiger partial charge is 0.460 e. The lowest BCUT2D eigenvalue weighted by Gasteiger charge is -2.31. The van der Waals surface area contributed by atoms with Crippen LogP contribution in [0.15, 0.2) is 54.6 Å². The van der Waals surface area contributed by atoms with Crippen LogP contribution in [0.25, 0.3) is 0 Å². The summed E-state index contributed by atoms with van der Waals surface area (Å²) in [5, 5.41) is 6.97. The third kappa shape index (κ3) is 4.69. The summed E-state index contributed by atoms with van der Waals surface area (Å²) in [6, 6.07) is 18.3. The van der Waals surface area contributed by atoms with Crippen LogP contribution in [0.1, 0.15) is 32.8 Å². The van der Waals surface area contributed by atoms with Crippen molar-refractivity contribution in [2.24, 2.45) is 0 Å². The van der Waals surface area contributed by atoms with Gasteiger partial charge in [-0.3, -0.25) is 4.79 Å². The van der Waals surface area contributed by atoms with E-state index in [0.717, 1.165) is 17.1 Å². The fourth-order valence-corrected chi connectivity index (χ4v) is 3.93. The number of esters is 1. The van der Waals surface area contributed by atoms with Gasteiger partial charge in [0.15, 0.2) is 4.99 Å². The average molecular weight is 356 g/mol. The highest BCUT2D eigenvalue weighted by atomic mass is 32.2. The first-order valence-corrected chi connectivity index (χ1v) is 9.39. The molecule has 0 aliphatic carbocycles. The van der Waals surface area contributed by atoms with E-state index in [4.69, 9.17) is 4.74 Å². The molecule has 0 atom stereocenters. The second-order valence-corrected chi connectivity index (χ2v) is 8.43. The van der Waals surface area contributed by atoms with Crippen molar-refractivity contribution in [1.29, 1.82) is 0 Å². The van der Waals surface area contributed by atoms with E-state index in [0.29, 0.717) is 0 Å². The molecule has 0 bridgehead atoms. The smallest absolute Gasteiger partial charge is 0.311 e. The predicted octanol–water partition coefficient (Wildman–Crippen LogP) is 4.84. The molecule has 4 nitrogen and oxygen atoms in total. The molecule has 0 saturated carbocycles. The summed E-state index contributed by atoms with van der Waals surface area (Å²) in [5.74, 6) is 0.568.